The zero-order chi connectivity index (χ0) is 10.6. The van der Waals surface area contributed by atoms with Gasteiger partial charge in [-0.3, -0.25) is 4.98 Å². The van der Waals surface area contributed by atoms with E-state index in [4.69, 9.17) is 11.0 Å². The molecule has 1 aromatic rings. The van der Waals surface area contributed by atoms with E-state index in [1.807, 2.05) is 6.07 Å². The lowest BCUT2D eigenvalue weighted by Crippen LogP contribution is -2.05. The van der Waals surface area contributed by atoms with Gasteiger partial charge in [-0.25, -0.2) is 8.78 Å². The van der Waals surface area contributed by atoms with E-state index in [-0.39, 0.29) is 18.7 Å². The summed E-state index contributed by atoms with van der Waals surface area (Å²) < 4.78 is 24.5. The first-order valence-corrected chi connectivity index (χ1v) is 4.03. The van der Waals surface area contributed by atoms with Crippen molar-refractivity contribution in [3.63, 3.8) is 0 Å². The summed E-state index contributed by atoms with van der Waals surface area (Å²) in [4.78, 5) is 3.68. The first-order chi connectivity index (χ1) is 6.69. The normalized spacial score (nSPS) is 10.2. The topological polar surface area (TPSA) is 62.7 Å². The molecule has 0 aliphatic heterocycles. The summed E-state index contributed by atoms with van der Waals surface area (Å²) >= 11 is 0. The van der Waals surface area contributed by atoms with E-state index in [2.05, 4.69) is 4.98 Å². The highest BCUT2D eigenvalue weighted by atomic mass is 19.3. The molecule has 14 heavy (non-hydrogen) atoms. The predicted octanol–water partition coefficient (Wildman–Crippen LogP) is 1.54. The molecule has 0 bridgehead atoms. The third-order valence-electron chi connectivity index (χ3n) is 1.78. The molecule has 1 heterocycles. The highest BCUT2D eigenvalue weighted by Gasteiger charge is 2.11. The summed E-state index contributed by atoms with van der Waals surface area (Å²) in [6.45, 7) is 0.202. The molecule has 0 aromatic carbocycles. The van der Waals surface area contributed by atoms with Crippen LogP contribution in [0, 0.1) is 11.3 Å². The van der Waals surface area contributed by atoms with Crippen molar-refractivity contribution < 1.29 is 8.78 Å². The molecule has 0 saturated carbocycles. The first-order valence-electron chi connectivity index (χ1n) is 4.03. The number of halogens is 2. The summed E-state index contributed by atoms with van der Waals surface area (Å²) in [7, 11) is 0. The van der Waals surface area contributed by atoms with Gasteiger partial charge in [0.15, 0.2) is 0 Å². The number of nitrogens with zero attached hydrogens (tertiary/aromatic N) is 2. The van der Waals surface area contributed by atoms with E-state index < -0.39 is 6.43 Å². The fourth-order valence-electron chi connectivity index (χ4n) is 1.08. The molecule has 3 nitrogen and oxygen atoms in total. The molecule has 5 heteroatoms. The number of hydrogen-bond donors (Lipinski definition) is 1. The number of nitrogens with two attached hydrogens (primary N) is 1. The Kier molecular flexibility index (Phi) is 3.48. The van der Waals surface area contributed by atoms with Gasteiger partial charge in [0.05, 0.1) is 18.2 Å². The molecule has 0 unspecified atom stereocenters. The van der Waals surface area contributed by atoms with Crippen LogP contribution < -0.4 is 5.73 Å². The molecule has 0 aliphatic carbocycles. The fraction of sp³-hybridized carbons (Fsp3) is 0.333. The van der Waals surface area contributed by atoms with Gasteiger partial charge >= 0.3 is 0 Å². The molecule has 0 aliphatic rings. The van der Waals surface area contributed by atoms with E-state index in [0.29, 0.717) is 11.3 Å². The van der Waals surface area contributed by atoms with Gasteiger partial charge in [-0.15, -0.1) is 0 Å². The number of nitriles is 1. The van der Waals surface area contributed by atoms with Gasteiger partial charge in [-0.2, -0.15) is 5.26 Å². The Bertz CT molecular complexity index is 358. The van der Waals surface area contributed by atoms with Crippen molar-refractivity contribution in [2.45, 2.75) is 19.4 Å². The van der Waals surface area contributed by atoms with E-state index >= 15 is 0 Å². The molecule has 2 N–H and O–H groups in total. The largest absolute Gasteiger partial charge is 0.326 e. The van der Waals surface area contributed by atoms with Crippen LogP contribution in [0.15, 0.2) is 12.1 Å². The van der Waals surface area contributed by atoms with Crippen molar-refractivity contribution in [3.05, 3.63) is 29.1 Å². The molecule has 1 rings (SSSR count). The van der Waals surface area contributed by atoms with Crippen LogP contribution in [0.25, 0.3) is 0 Å². The van der Waals surface area contributed by atoms with E-state index in [1.165, 1.54) is 12.1 Å². The van der Waals surface area contributed by atoms with Gasteiger partial charge in [0.25, 0.3) is 6.43 Å². The second-order valence-corrected chi connectivity index (χ2v) is 2.68. The summed E-state index contributed by atoms with van der Waals surface area (Å²) in [5.74, 6) is 0. The molecule has 0 spiro atoms. The SMILES string of the molecule is N#CCc1nc(C(F)F)ccc1CN. The Balaban J connectivity index is 3.08. The lowest BCUT2D eigenvalue weighted by molar-refractivity contribution is 0.146. The monoisotopic (exact) mass is 197 g/mol. The molecule has 0 amide bonds. The maximum Gasteiger partial charge on any atom is 0.280 e. The summed E-state index contributed by atoms with van der Waals surface area (Å²) in [6.07, 6.45) is -2.60. The standard InChI is InChI=1S/C9H9F2N3/c10-9(11)8-2-1-6(5-13)7(14-8)3-4-12/h1-2,9H,3,5,13H2. The lowest BCUT2D eigenvalue weighted by atomic mass is 10.1. The van der Waals surface area contributed by atoms with Crippen molar-refractivity contribution in [2.75, 3.05) is 0 Å². The van der Waals surface area contributed by atoms with Crippen molar-refractivity contribution in [2.24, 2.45) is 5.73 Å². The van der Waals surface area contributed by atoms with E-state index in [9.17, 15) is 8.78 Å². The number of aromatic nitrogens is 1. The Morgan fingerprint density at radius 2 is 2.21 bits per heavy atom. The van der Waals surface area contributed by atoms with Crippen LogP contribution in [0.2, 0.25) is 0 Å². The summed E-state index contributed by atoms with van der Waals surface area (Å²) in [5, 5.41) is 8.45. The Hall–Kier alpha value is -1.54. The maximum atomic E-state index is 12.2. The quantitative estimate of drug-likeness (QED) is 0.799. The van der Waals surface area contributed by atoms with Gasteiger partial charge < -0.3 is 5.73 Å². The molecular weight excluding hydrogens is 188 g/mol. The minimum atomic E-state index is -2.61. The average molecular weight is 197 g/mol. The van der Waals surface area contributed by atoms with Gasteiger partial charge in [-0.05, 0) is 11.6 Å². The smallest absolute Gasteiger partial charge is 0.280 e. The van der Waals surface area contributed by atoms with Crippen molar-refractivity contribution in [1.82, 2.24) is 4.98 Å². The predicted molar refractivity (Wildman–Crippen MR) is 46.4 cm³/mol. The van der Waals surface area contributed by atoms with Crippen LogP contribution in [0.3, 0.4) is 0 Å². The fourth-order valence-corrected chi connectivity index (χ4v) is 1.08. The second-order valence-electron chi connectivity index (χ2n) is 2.68. The van der Waals surface area contributed by atoms with Crippen molar-refractivity contribution >= 4 is 0 Å². The van der Waals surface area contributed by atoms with Crippen LogP contribution in [-0.2, 0) is 13.0 Å². The number of alkyl halides is 2. The Morgan fingerprint density at radius 1 is 1.50 bits per heavy atom. The zero-order valence-corrected chi connectivity index (χ0v) is 7.37. The molecule has 0 radical (unpaired) electrons. The van der Waals surface area contributed by atoms with Gasteiger partial charge in [0, 0.05) is 6.54 Å². The van der Waals surface area contributed by atoms with Gasteiger partial charge in [-0.1, -0.05) is 6.07 Å². The van der Waals surface area contributed by atoms with Gasteiger partial charge in [0.1, 0.15) is 5.69 Å². The second kappa shape index (κ2) is 4.63. The maximum absolute atomic E-state index is 12.2. The Morgan fingerprint density at radius 3 is 2.71 bits per heavy atom. The minimum Gasteiger partial charge on any atom is -0.326 e. The van der Waals surface area contributed by atoms with Gasteiger partial charge in [0.2, 0.25) is 0 Å². The van der Waals surface area contributed by atoms with E-state index in [1.54, 1.807) is 0 Å². The van der Waals surface area contributed by atoms with Crippen molar-refractivity contribution in [1.29, 1.82) is 5.26 Å². The highest BCUT2D eigenvalue weighted by molar-refractivity contribution is 5.25. The molecular formula is C9H9F2N3. The molecule has 0 atom stereocenters. The van der Waals surface area contributed by atoms with E-state index in [0.717, 1.165) is 0 Å². The highest BCUT2D eigenvalue weighted by Crippen LogP contribution is 2.18. The van der Waals surface area contributed by atoms with Crippen LogP contribution >= 0.6 is 0 Å². The molecule has 0 saturated heterocycles. The zero-order valence-electron chi connectivity index (χ0n) is 7.37. The van der Waals surface area contributed by atoms with Crippen molar-refractivity contribution in [3.8, 4) is 6.07 Å². The minimum absolute atomic E-state index is 0.00704. The van der Waals surface area contributed by atoms with Crippen LogP contribution in [-0.4, -0.2) is 4.98 Å². The average Bonchev–Trinajstić information content (AvgIpc) is 2.18. The summed E-state index contributed by atoms with van der Waals surface area (Å²) in [6, 6.07) is 4.58. The lowest BCUT2D eigenvalue weighted by Gasteiger charge is -2.05. The molecule has 0 fully saturated rings. The number of pyridine rings is 1. The molecule has 1 aromatic heterocycles. The van der Waals surface area contributed by atoms with Crippen LogP contribution in [0.1, 0.15) is 23.4 Å². The third-order valence-corrected chi connectivity index (χ3v) is 1.78. The first kappa shape index (κ1) is 10.5. The third kappa shape index (κ3) is 2.24. The Labute approximate surface area is 80.2 Å². The number of hydrogen-bond acceptors (Lipinski definition) is 3. The van der Waals surface area contributed by atoms with Crippen LogP contribution in [0.4, 0.5) is 8.78 Å². The summed E-state index contributed by atoms with van der Waals surface area (Å²) in [5.41, 5.74) is 6.03. The molecule has 74 valence electrons. The van der Waals surface area contributed by atoms with Crippen LogP contribution in [0.5, 0.6) is 0 Å². The number of rotatable bonds is 3.